The third kappa shape index (κ3) is 7.08. The molecule has 5 nitrogen and oxygen atoms in total. The maximum Gasteiger partial charge on any atom is 0.310 e. The third-order valence-corrected chi connectivity index (χ3v) is 4.22. The second-order valence-corrected chi connectivity index (χ2v) is 6.81. The predicted octanol–water partition coefficient (Wildman–Crippen LogP) is 3.90. The number of methoxy groups -OCH3 is 2. The summed E-state index contributed by atoms with van der Waals surface area (Å²) >= 11 is 0. The summed E-state index contributed by atoms with van der Waals surface area (Å²) in [7, 11) is 3.26. The summed E-state index contributed by atoms with van der Waals surface area (Å²) in [6.07, 6.45) is 5.48. The first-order valence-corrected chi connectivity index (χ1v) is 8.13. The van der Waals surface area contributed by atoms with Crippen LogP contribution in [0.25, 0.3) is 0 Å². The molecule has 0 bridgehead atoms. The number of ether oxygens (including phenoxy) is 3. The normalized spacial score (nSPS) is 19.5. The van der Waals surface area contributed by atoms with Gasteiger partial charge in [-0.2, -0.15) is 0 Å². The van der Waals surface area contributed by atoms with Crippen molar-refractivity contribution in [3.8, 4) is 0 Å². The van der Waals surface area contributed by atoms with Gasteiger partial charge in [0.2, 0.25) is 0 Å². The molecule has 1 unspecified atom stereocenters. The van der Waals surface area contributed by atoms with Gasteiger partial charge in [0.15, 0.2) is 0 Å². The molecule has 132 valence electrons. The lowest BCUT2D eigenvalue weighted by molar-refractivity contribution is -0.137. The van der Waals surface area contributed by atoms with Crippen molar-refractivity contribution in [2.24, 2.45) is 5.92 Å². The molecule has 0 saturated carbocycles. The van der Waals surface area contributed by atoms with Crippen molar-refractivity contribution < 1.29 is 24.1 Å². The first-order chi connectivity index (χ1) is 10.8. The number of aliphatic hydroxyl groups is 1. The van der Waals surface area contributed by atoms with Crippen LogP contribution in [0, 0.1) is 5.92 Å². The molecule has 1 heterocycles. The highest BCUT2D eigenvalue weighted by atomic mass is 16.5. The molecule has 0 spiro atoms. The molecular weight excluding hydrogens is 296 g/mol. The minimum atomic E-state index is -0.253. The molecule has 5 heteroatoms. The van der Waals surface area contributed by atoms with E-state index in [2.05, 4.69) is 20.8 Å². The number of hydrogen-bond acceptors (Lipinski definition) is 5. The van der Waals surface area contributed by atoms with Crippen molar-refractivity contribution in [2.45, 2.75) is 58.5 Å². The minimum absolute atomic E-state index is 0.0970. The average molecular weight is 326 g/mol. The van der Waals surface area contributed by atoms with Gasteiger partial charge >= 0.3 is 5.97 Å². The van der Waals surface area contributed by atoms with E-state index in [1.807, 2.05) is 0 Å². The Morgan fingerprint density at radius 3 is 2.65 bits per heavy atom. The van der Waals surface area contributed by atoms with Crippen molar-refractivity contribution in [1.29, 1.82) is 0 Å². The third-order valence-electron chi connectivity index (χ3n) is 4.22. The molecule has 1 saturated heterocycles. The van der Waals surface area contributed by atoms with Crippen LogP contribution in [0.1, 0.15) is 52.9 Å². The summed E-state index contributed by atoms with van der Waals surface area (Å²) < 4.78 is 15.6. The molecule has 1 rings (SSSR count). The molecule has 1 N–H and O–H groups in total. The molecule has 1 fully saturated rings. The number of aliphatic hydroxyl groups excluding tert-OH is 1. The quantitative estimate of drug-likeness (QED) is 0.514. The zero-order valence-electron chi connectivity index (χ0n) is 15.0. The number of hydrogen-bond donors (Lipinski definition) is 1. The monoisotopic (exact) mass is 326 g/mol. The average Bonchev–Trinajstić information content (AvgIpc) is 2.91. The highest BCUT2D eigenvalue weighted by Crippen LogP contribution is 2.24. The topological polar surface area (TPSA) is 65.0 Å². The predicted molar refractivity (Wildman–Crippen MR) is 89.0 cm³/mol. The van der Waals surface area contributed by atoms with Gasteiger partial charge in [-0.05, 0) is 26.2 Å². The first-order valence-electron chi connectivity index (χ1n) is 8.13. The van der Waals surface area contributed by atoms with Crippen LogP contribution in [0.4, 0.5) is 0 Å². The van der Waals surface area contributed by atoms with Crippen LogP contribution in [-0.4, -0.2) is 37.5 Å². The minimum Gasteiger partial charge on any atom is -0.512 e. The van der Waals surface area contributed by atoms with Crippen molar-refractivity contribution in [2.75, 3.05) is 20.8 Å². The number of carbonyl (C=O) groups excluding carboxylic acids is 1. The highest BCUT2D eigenvalue weighted by molar-refractivity contribution is 5.75. The van der Waals surface area contributed by atoms with Crippen LogP contribution in [0.15, 0.2) is 23.2 Å². The van der Waals surface area contributed by atoms with Crippen LogP contribution in [0.5, 0.6) is 0 Å². The lowest BCUT2D eigenvalue weighted by Gasteiger charge is -2.23. The summed E-state index contributed by atoms with van der Waals surface area (Å²) in [6.45, 7) is 6.52. The zero-order valence-corrected chi connectivity index (χ0v) is 15.0. The Kier molecular flexibility index (Phi) is 7.62. The van der Waals surface area contributed by atoms with Crippen LogP contribution >= 0.6 is 0 Å². The second-order valence-electron chi connectivity index (χ2n) is 6.81. The molecule has 0 aromatic rings. The van der Waals surface area contributed by atoms with E-state index in [4.69, 9.17) is 14.2 Å². The lowest BCUT2D eigenvalue weighted by atomic mass is 9.94. The van der Waals surface area contributed by atoms with E-state index >= 15 is 0 Å². The smallest absolute Gasteiger partial charge is 0.310 e. The fraction of sp³-hybridized carbons (Fsp3) is 0.722. The molecule has 1 aliphatic rings. The fourth-order valence-electron chi connectivity index (χ4n) is 2.56. The van der Waals surface area contributed by atoms with Crippen molar-refractivity contribution >= 4 is 5.97 Å². The van der Waals surface area contributed by atoms with E-state index in [0.29, 0.717) is 18.1 Å². The van der Waals surface area contributed by atoms with Crippen molar-refractivity contribution in [3.05, 3.63) is 23.2 Å². The number of carbonyl (C=O) groups is 1. The van der Waals surface area contributed by atoms with Crippen molar-refractivity contribution in [1.82, 2.24) is 0 Å². The Bertz CT molecular complexity index is 462. The lowest BCUT2D eigenvalue weighted by Crippen LogP contribution is -2.22. The summed E-state index contributed by atoms with van der Waals surface area (Å²) in [6, 6.07) is 0. The van der Waals surface area contributed by atoms with Gasteiger partial charge in [0, 0.05) is 25.2 Å². The van der Waals surface area contributed by atoms with E-state index < -0.39 is 0 Å². The fourth-order valence-corrected chi connectivity index (χ4v) is 2.56. The molecule has 0 amide bonds. The van der Waals surface area contributed by atoms with E-state index in [0.717, 1.165) is 24.8 Å². The van der Waals surface area contributed by atoms with Gasteiger partial charge in [-0.15, -0.1) is 0 Å². The summed E-state index contributed by atoms with van der Waals surface area (Å²) in [5, 5.41) is 10.1. The van der Waals surface area contributed by atoms with E-state index in [-0.39, 0.29) is 30.4 Å². The largest absolute Gasteiger partial charge is 0.512 e. The van der Waals surface area contributed by atoms with Gasteiger partial charge in [0.1, 0.15) is 12.4 Å². The molecule has 1 atom stereocenters. The Morgan fingerprint density at radius 2 is 2.13 bits per heavy atom. The Labute approximate surface area is 139 Å². The van der Waals surface area contributed by atoms with E-state index in [1.54, 1.807) is 13.2 Å². The first kappa shape index (κ1) is 19.6. The van der Waals surface area contributed by atoms with Crippen LogP contribution in [0.3, 0.4) is 0 Å². The molecule has 0 aromatic carbocycles. The molecule has 1 aliphatic heterocycles. The number of esters is 1. The van der Waals surface area contributed by atoms with Crippen LogP contribution in [0.2, 0.25) is 0 Å². The standard InChI is InChI=1S/C18H30O5/c1-13(7-6-8-18(2,3)22-5)9-15(19)11-16(21-4)14-10-17(20)23-12-14/h11,13,19H,6-10,12H2,1-5H3/b15-11+,16-14+. The molecule has 0 aliphatic carbocycles. The number of cyclic esters (lactones) is 1. The second kappa shape index (κ2) is 8.96. The van der Waals surface area contributed by atoms with Gasteiger partial charge in [-0.25, -0.2) is 0 Å². The summed E-state index contributed by atoms with van der Waals surface area (Å²) in [4.78, 5) is 11.2. The van der Waals surface area contributed by atoms with Crippen LogP contribution in [-0.2, 0) is 19.0 Å². The van der Waals surface area contributed by atoms with E-state index in [1.165, 1.54) is 7.11 Å². The molecule has 23 heavy (non-hydrogen) atoms. The molecule has 0 aromatic heterocycles. The van der Waals surface area contributed by atoms with Gasteiger partial charge in [0.25, 0.3) is 0 Å². The number of allylic oxidation sites excluding steroid dienone is 2. The van der Waals surface area contributed by atoms with Gasteiger partial charge < -0.3 is 19.3 Å². The van der Waals surface area contributed by atoms with Gasteiger partial charge in [-0.3, -0.25) is 4.79 Å². The Balaban J connectivity index is 2.50. The Morgan fingerprint density at radius 1 is 1.43 bits per heavy atom. The Hall–Kier alpha value is -1.49. The molecular formula is C18H30O5. The van der Waals surface area contributed by atoms with Gasteiger partial charge in [0.05, 0.1) is 24.9 Å². The van der Waals surface area contributed by atoms with Gasteiger partial charge in [-0.1, -0.05) is 19.8 Å². The molecule has 0 radical (unpaired) electrons. The number of rotatable bonds is 9. The van der Waals surface area contributed by atoms with Crippen LogP contribution < -0.4 is 0 Å². The summed E-state index contributed by atoms with van der Waals surface area (Å²) in [5.74, 6) is 0.910. The zero-order chi connectivity index (χ0) is 17.5. The maximum absolute atomic E-state index is 11.2. The van der Waals surface area contributed by atoms with Crippen molar-refractivity contribution in [3.63, 3.8) is 0 Å². The SMILES string of the molecule is COC(/C=C(/O)CC(C)CCCC(C)(C)OC)=C1/COC(=O)C1. The maximum atomic E-state index is 11.2. The van der Waals surface area contributed by atoms with E-state index in [9.17, 15) is 9.90 Å². The highest BCUT2D eigenvalue weighted by Gasteiger charge is 2.21. The summed E-state index contributed by atoms with van der Waals surface area (Å²) in [5.41, 5.74) is 0.679.